The molecule has 0 spiro atoms. The van der Waals surface area contributed by atoms with Gasteiger partial charge >= 0.3 is 0 Å². The van der Waals surface area contributed by atoms with Crippen LogP contribution in [0.3, 0.4) is 0 Å². The Kier molecular flexibility index (Phi) is 7.22. The summed E-state index contributed by atoms with van der Waals surface area (Å²) in [6.07, 6.45) is 0. The quantitative estimate of drug-likeness (QED) is 0.573. The summed E-state index contributed by atoms with van der Waals surface area (Å²) in [7, 11) is -3.87. The van der Waals surface area contributed by atoms with Crippen molar-refractivity contribution in [1.29, 1.82) is 0 Å². The number of ether oxygens (including phenoxy) is 3. The lowest BCUT2D eigenvalue weighted by Crippen LogP contribution is -2.59. The van der Waals surface area contributed by atoms with Crippen molar-refractivity contribution >= 4 is 20.0 Å². The fourth-order valence-corrected chi connectivity index (χ4v) is 7.22. The summed E-state index contributed by atoms with van der Waals surface area (Å²) in [6, 6.07) is 6.34. The van der Waals surface area contributed by atoms with Gasteiger partial charge in [0.15, 0.2) is 23.1 Å². The van der Waals surface area contributed by atoms with Gasteiger partial charge in [0.05, 0.1) is 31.1 Å². The van der Waals surface area contributed by atoms with Gasteiger partial charge in [0.1, 0.15) is 0 Å². The van der Waals surface area contributed by atoms with E-state index in [1.165, 1.54) is 60.3 Å². The maximum absolute atomic E-state index is 14.1. The molecule has 2 aromatic carbocycles. The number of sulfonamides is 2. The van der Waals surface area contributed by atoms with Crippen molar-refractivity contribution in [3.63, 3.8) is 0 Å². The normalized spacial score (nSPS) is 20.4. The molecule has 0 saturated carbocycles. The zero-order valence-corrected chi connectivity index (χ0v) is 20.6. The van der Waals surface area contributed by atoms with E-state index in [4.69, 9.17) is 14.2 Å². The molecular weight excluding hydrogens is 475 g/mol. The largest absolute Gasteiger partial charge is 0.494 e. The molecule has 33 heavy (non-hydrogen) atoms. The predicted octanol–water partition coefficient (Wildman–Crippen LogP) is 2.32. The van der Waals surface area contributed by atoms with Crippen LogP contribution < -0.4 is 14.2 Å². The highest BCUT2D eigenvalue weighted by Gasteiger charge is 2.42. The molecule has 0 amide bonds. The van der Waals surface area contributed by atoms with E-state index < -0.39 is 37.9 Å². The first kappa shape index (κ1) is 25.2. The minimum Gasteiger partial charge on any atom is -0.494 e. The molecule has 9 nitrogen and oxygen atoms in total. The average Bonchev–Trinajstić information content (AvgIpc) is 2.79. The lowest BCUT2D eigenvalue weighted by Gasteiger charge is -2.42. The second-order valence-corrected chi connectivity index (χ2v) is 11.4. The third-order valence-corrected chi connectivity index (χ3v) is 9.52. The Labute approximate surface area is 193 Å². The van der Waals surface area contributed by atoms with Gasteiger partial charge in [0.2, 0.25) is 20.0 Å². The van der Waals surface area contributed by atoms with Gasteiger partial charge in [-0.15, -0.1) is 0 Å². The van der Waals surface area contributed by atoms with Crippen LogP contribution in [0.1, 0.15) is 13.8 Å². The van der Waals surface area contributed by atoms with Crippen LogP contribution in [0.4, 0.5) is 4.39 Å². The second-order valence-electron chi connectivity index (χ2n) is 7.66. The Morgan fingerprint density at radius 3 is 1.58 bits per heavy atom. The molecule has 0 unspecified atom stereocenters. The monoisotopic (exact) mass is 502 g/mol. The highest BCUT2D eigenvalue weighted by Crippen LogP contribution is 2.33. The van der Waals surface area contributed by atoms with Gasteiger partial charge in [0, 0.05) is 31.2 Å². The number of hydrogen-bond donors (Lipinski definition) is 0. The van der Waals surface area contributed by atoms with E-state index >= 15 is 0 Å². The first-order valence-electron chi connectivity index (χ1n) is 10.1. The SMILES string of the molecule is COc1ccc(S(=O)(=O)N2C[C@H](C)N(S(=O)(=O)c3ccc(OC)c(OC)c3)C[C@@H]2C)cc1F. The Morgan fingerprint density at radius 1 is 0.727 bits per heavy atom. The minimum absolute atomic E-state index is 0.00716. The number of halogens is 1. The zero-order valence-electron chi connectivity index (χ0n) is 19.0. The van der Waals surface area contributed by atoms with Crippen LogP contribution in [0, 0.1) is 5.82 Å². The van der Waals surface area contributed by atoms with E-state index in [1.807, 2.05) is 0 Å². The molecule has 1 saturated heterocycles. The van der Waals surface area contributed by atoms with Crippen LogP contribution in [-0.2, 0) is 20.0 Å². The Bertz CT molecular complexity index is 1240. The minimum atomic E-state index is -4.07. The first-order chi connectivity index (χ1) is 15.5. The van der Waals surface area contributed by atoms with Crippen molar-refractivity contribution in [3.8, 4) is 17.2 Å². The summed E-state index contributed by atoms with van der Waals surface area (Å²) in [5.41, 5.74) is 0. The first-order valence-corrected chi connectivity index (χ1v) is 12.9. The van der Waals surface area contributed by atoms with E-state index in [1.54, 1.807) is 13.8 Å². The van der Waals surface area contributed by atoms with Crippen LogP contribution in [0.15, 0.2) is 46.2 Å². The summed E-state index contributed by atoms with van der Waals surface area (Å²) in [6.45, 7) is 3.07. The summed E-state index contributed by atoms with van der Waals surface area (Å²) < 4.78 is 84.9. The lowest BCUT2D eigenvalue weighted by atomic mass is 10.2. The maximum Gasteiger partial charge on any atom is 0.243 e. The van der Waals surface area contributed by atoms with Crippen LogP contribution in [0.25, 0.3) is 0 Å². The van der Waals surface area contributed by atoms with E-state index in [-0.39, 0.29) is 34.4 Å². The van der Waals surface area contributed by atoms with Crippen LogP contribution in [0.5, 0.6) is 17.2 Å². The fourth-order valence-electron chi connectivity index (χ4n) is 3.79. The highest BCUT2D eigenvalue weighted by atomic mass is 32.2. The third kappa shape index (κ3) is 4.65. The Hall–Kier alpha value is -2.41. The molecule has 0 aromatic heterocycles. The molecule has 0 radical (unpaired) electrons. The molecule has 2 atom stereocenters. The number of rotatable bonds is 7. The van der Waals surface area contributed by atoms with Gasteiger partial charge in [0.25, 0.3) is 0 Å². The van der Waals surface area contributed by atoms with Gasteiger partial charge in [-0.1, -0.05) is 0 Å². The standard InChI is InChI=1S/C21H27FN2O7S2/c1-14-13-24(33(27,28)17-7-9-20(30-4)21(11-17)31-5)15(2)12-23(14)32(25,26)16-6-8-19(29-3)18(22)10-16/h6-11,14-15H,12-13H2,1-5H3/t14-,15-/m0/s1. The molecule has 1 heterocycles. The summed E-state index contributed by atoms with van der Waals surface area (Å²) in [4.78, 5) is -0.219. The van der Waals surface area contributed by atoms with Gasteiger partial charge in [-0.25, -0.2) is 21.2 Å². The molecule has 0 N–H and O–H groups in total. The molecule has 0 aliphatic carbocycles. The van der Waals surface area contributed by atoms with Crippen LogP contribution in [0.2, 0.25) is 0 Å². The molecule has 182 valence electrons. The zero-order chi connectivity index (χ0) is 24.6. The summed E-state index contributed by atoms with van der Waals surface area (Å²) in [5, 5.41) is 0. The molecule has 0 bridgehead atoms. The molecular formula is C21H27FN2O7S2. The second kappa shape index (κ2) is 9.45. The van der Waals surface area contributed by atoms with Gasteiger partial charge in [-0.2, -0.15) is 8.61 Å². The average molecular weight is 503 g/mol. The van der Waals surface area contributed by atoms with Crippen molar-refractivity contribution in [2.75, 3.05) is 34.4 Å². The smallest absolute Gasteiger partial charge is 0.243 e. The molecule has 1 fully saturated rings. The van der Waals surface area contributed by atoms with Crippen molar-refractivity contribution in [2.45, 2.75) is 35.7 Å². The van der Waals surface area contributed by atoms with E-state index in [0.29, 0.717) is 5.75 Å². The molecule has 12 heteroatoms. The van der Waals surface area contributed by atoms with Gasteiger partial charge in [-0.05, 0) is 44.2 Å². The van der Waals surface area contributed by atoms with Crippen molar-refractivity contribution in [1.82, 2.24) is 8.61 Å². The number of nitrogens with zero attached hydrogens (tertiary/aromatic N) is 2. The van der Waals surface area contributed by atoms with E-state index in [0.717, 1.165) is 6.07 Å². The molecule has 2 aromatic rings. The predicted molar refractivity (Wildman–Crippen MR) is 119 cm³/mol. The molecule has 3 rings (SSSR count). The Balaban J connectivity index is 1.90. The van der Waals surface area contributed by atoms with Crippen LogP contribution in [-0.4, -0.2) is 71.9 Å². The number of methoxy groups -OCH3 is 3. The topological polar surface area (TPSA) is 102 Å². The lowest BCUT2D eigenvalue weighted by molar-refractivity contribution is 0.163. The number of benzene rings is 2. The summed E-state index contributed by atoms with van der Waals surface area (Å²) in [5.74, 6) is -0.210. The van der Waals surface area contributed by atoms with Crippen molar-refractivity contribution in [3.05, 3.63) is 42.2 Å². The van der Waals surface area contributed by atoms with Crippen molar-refractivity contribution < 1.29 is 35.4 Å². The van der Waals surface area contributed by atoms with E-state index in [2.05, 4.69) is 0 Å². The van der Waals surface area contributed by atoms with E-state index in [9.17, 15) is 21.2 Å². The number of hydrogen-bond acceptors (Lipinski definition) is 7. The van der Waals surface area contributed by atoms with Gasteiger partial charge in [-0.3, -0.25) is 0 Å². The van der Waals surface area contributed by atoms with Crippen molar-refractivity contribution in [2.24, 2.45) is 0 Å². The Morgan fingerprint density at radius 2 is 1.15 bits per heavy atom. The maximum atomic E-state index is 14.1. The van der Waals surface area contributed by atoms with Gasteiger partial charge < -0.3 is 14.2 Å². The van der Waals surface area contributed by atoms with Crippen LogP contribution >= 0.6 is 0 Å². The highest BCUT2D eigenvalue weighted by molar-refractivity contribution is 7.89. The number of piperazine rings is 1. The third-order valence-electron chi connectivity index (χ3n) is 5.56. The summed E-state index contributed by atoms with van der Waals surface area (Å²) >= 11 is 0. The molecule has 1 aliphatic rings. The fraction of sp³-hybridized carbons (Fsp3) is 0.429. The molecule has 1 aliphatic heterocycles.